The fourth-order valence-corrected chi connectivity index (χ4v) is 6.38. The lowest BCUT2D eigenvalue weighted by Gasteiger charge is -2.44. The third-order valence-corrected chi connectivity index (χ3v) is 8.93. The zero-order valence-corrected chi connectivity index (χ0v) is 26.8. The van der Waals surface area contributed by atoms with E-state index in [4.69, 9.17) is 18.9 Å². The number of hydrogen-bond acceptors (Lipinski definition) is 5. The van der Waals surface area contributed by atoms with Gasteiger partial charge in [-0.05, 0) is 85.8 Å². The second kappa shape index (κ2) is 14.4. The van der Waals surface area contributed by atoms with Crippen molar-refractivity contribution in [2.45, 2.75) is 95.7 Å². The van der Waals surface area contributed by atoms with Gasteiger partial charge in [0, 0.05) is 24.4 Å². The van der Waals surface area contributed by atoms with Crippen LogP contribution >= 0.6 is 0 Å². The van der Waals surface area contributed by atoms with Gasteiger partial charge in [-0.15, -0.1) is 0 Å². The molecule has 11 heteroatoms. The number of anilines is 1. The van der Waals surface area contributed by atoms with Crippen LogP contribution in [0.4, 0.5) is 32.0 Å². The summed E-state index contributed by atoms with van der Waals surface area (Å²) in [5, 5.41) is 3.41. The summed E-state index contributed by atoms with van der Waals surface area (Å²) in [4.78, 5) is 0. The van der Waals surface area contributed by atoms with Gasteiger partial charge in [-0.25, -0.2) is 0 Å². The molecule has 0 aromatic heterocycles. The highest BCUT2D eigenvalue weighted by Gasteiger charge is 2.46. The third-order valence-electron chi connectivity index (χ3n) is 8.93. The Bertz CT molecular complexity index is 1450. The van der Waals surface area contributed by atoms with Gasteiger partial charge in [0.25, 0.3) is 0 Å². The van der Waals surface area contributed by atoms with Crippen molar-refractivity contribution in [3.63, 3.8) is 0 Å². The molecule has 0 amide bonds. The Kier molecular flexibility index (Phi) is 10.7. The zero-order valence-electron chi connectivity index (χ0n) is 26.8. The van der Waals surface area contributed by atoms with E-state index in [0.29, 0.717) is 42.5 Å². The number of halogens is 6. The van der Waals surface area contributed by atoms with E-state index in [1.54, 1.807) is 21.0 Å². The Morgan fingerprint density at radius 2 is 1.47 bits per heavy atom. The van der Waals surface area contributed by atoms with E-state index in [0.717, 1.165) is 36.3 Å². The number of methoxy groups -OCH3 is 1. The van der Waals surface area contributed by atoms with Crippen LogP contribution in [0.3, 0.4) is 0 Å². The molecule has 1 heterocycles. The maximum atomic E-state index is 13.6. The molecule has 0 saturated heterocycles. The second-order valence-corrected chi connectivity index (χ2v) is 12.9. The van der Waals surface area contributed by atoms with E-state index in [9.17, 15) is 26.3 Å². The molecule has 47 heavy (non-hydrogen) atoms. The van der Waals surface area contributed by atoms with Crippen molar-refractivity contribution in [3.8, 4) is 11.5 Å². The molecule has 1 N–H and O–H groups in total. The number of alkyl halides is 6. The van der Waals surface area contributed by atoms with Gasteiger partial charge in [-0.3, -0.25) is 0 Å². The summed E-state index contributed by atoms with van der Waals surface area (Å²) in [6.45, 7) is 4.01. The van der Waals surface area contributed by atoms with E-state index >= 15 is 0 Å². The predicted octanol–water partition coefficient (Wildman–Crippen LogP) is 10.1. The molecule has 3 aromatic rings. The van der Waals surface area contributed by atoms with Crippen LogP contribution in [0.25, 0.3) is 0 Å². The quantitative estimate of drug-likeness (QED) is 0.207. The molecule has 0 spiro atoms. The number of rotatable bonds is 11. The maximum absolute atomic E-state index is 13.6. The van der Waals surface area contributed by atoms with E-state index in [2.05, 4.69) is 5.32 Å². The van der Waals surface area contributed by atoms with Gasteiger partial charge in [-0.1, -0.05) is 44.2 Å². The summed E-state index contributed by atoms with van der Waals surface area (Å²) in [5.41, 5.74) is -1.53. The van der Waals surface area contributed by atoms with Gasteiger partial charge in [-0.2, -0.15) is 26.3 Å². The lowest BCUT2D eigenvalue weighted by atomic mass is 9.86. The van der Waals surface area contributed by atoms with Crippen LogP contribution in [0, 0.1) is 5.92 Å². The Morgan fingerprint density at radius 1 is 0.809 bits per heavy atom. The van der Waals surface area contributed by atoms with Crippen molar-refractivity contribution < 1.29 is 45.3 Å². The SMILES string of the molecule is COc1ccc(CNc2ccc3c(c2)C(OCCC2CCCCC2)C(OCc2cc(C(F)(F)F)cc(C(F)(F)F)c2)C(C)(C)O3)cc1. The van der Waals surface area contributed by atoms with E-state index in [-0.39, 0.29) is 11.6 Å². The van der Waals surface area contributed by atoms with E-state index in [1.807, 2.05) is 42.5 Å². The van der Waals surface area contributed by atoms with Gasteiger partial charge in [0.1, 0.15) is 29.3 Å². The van der Waals surface area contributed by atoms with Crippen molar-refractivity contribution in [2.75, 3.05) is 19.0 Å². The first kappa shape index (κ1) is 34.9. The predicted molar refractivity (Wildman–Crippen MR) is 166 cm³/mol. The highest BCUT2D eigenvalue weighted by molar-refractivity contribution is 5.54. The minimum Gasteiger partial charge on any atom is -0.497 e. The summed E-state index contributed by atoms with van der Waals surface area (Å²) < 4.78 is 106. The summed E-state index contributed by atoms with van der Waals surface area (Å²) in [6, 6.07) is 14.8. The molecule has 256 valence electrons. The molecule has 1 aliphatic heterocycles. The van der Waals surface area contributed by atoms with Crippen molar-refractivity contribution >= 4 is 5.69 Å². The monoisotopic (exact) mass is 665 g/mol. The molecular weight excluding hydrogens is 624 g/mol. The second-order valence-electron chi connectivity index (χ2n) is 12.9. The van der Waals surface area contributed by atoms with Crippen molar-refractivity contribution in [3.05, 3.63) is 88.5 Å². The van der Waals surface area contributed by atoms with Crippen LogP contribution in [-0.2, 0) is 35.0 Å². The summed E-state index contributed by atoms with van der Waals surface area (Å²) in [5.74, 6) is 1.87. The van der Waals surface area contributed by atoms with Crippen LogP contribution in [0.1, 0.15) is 86.3 Å². The smallest absolute Gasteiger partial charge is 0.416 e. The number of fused-ring (bicyclic) bond motifs is 1. The Labute approximate surface area is 271 Å². The molecule has 1 aliphatic carbocycles. The zero-order chi connectivity index (χ0) is 33.8. The number of nitrogens with one attached hydrogen (secondary N) is 1. The third kappa shape index (κ3) is 8.93. The normalized spacial score (nSPS) is 19.9. The van der Waals surface area contributed by atoms with Crippen LogP contribution < -0.4 is 14.8 Å². The molecular formula is C36H41F6NO4. The molecule has 5 rings (SSSR count). The average Bonchev–Trinajstić information content (AvgIpc) is 3.03. The van der Waals surface area contributed by atoms with Crippen molar-refractivity contribution in [1.82, 2.24) is 0 Å². The van der Waals surface area contributed by atoms with Crippen molar-refractivity contribution in [2.24, 2.45) is 5.92 Å². The van der Waals surface area contributed by atoms with Crippen LogP contribution in [0.15, 0.2) is 60.7 Å². The Hall–Kier alpha value is -3.44. The fourth-order valence-electron chi connectivity index (χ4n) is 6.38. The molecule has 3 aromatic carbocycles. The lowest BCUT2D eigenvalue weighted by molar-refractivity contribution is -0.168. The Balaban J connectivity index is 1.41. The minimum absolute atomic E-state index is 0.116. The molecule has 1 saturated carbocycles. The van der Waals surface area contributed by atoms with Crippen LogP contribution in [0.5, 0.6) is 11.5 Å². The first-order valence-corrected chi connectivity index (χ1v) is 15.9. The number of hydrogen-bond donors (Lipinski definition) is 1. The van der Waals surface area contributed by atoms with Crippen molar-refractivity contribution in [1.29, 1.82) is 0 Å². The summed E-state index contributed by atoms with van der Waals surface area (Å²) in [7, 11) is 1.60. The molecule has 2 unspecified atom stereocenters. The molecule has 2 atom stereocenters. The van der Waals surface area contributed by atoms with E-state index in [1.165, 1.54) is 19.3 Å². The number of benzene rings is 3. The Morgan fingerprint density at radius 3 is 2.09 bits per heavy atom. The highest BCUT2D eigenvalue weighted by atomic mass is 19.4. The highest BCUT2D eigenvalue weighted by Crippen LogP contribution is 2.45. The molecule has 5 nitrogen and oxygen atoms in total. The largest absolute Gasteiger partial charge is 0.497 e. The van der Waals surface area contributed by atoms with Gasteiger partial charge < -0.3 is 24.3 Å². The maximum Gasteiger partial charge on any atom is 0.416 e. The fraction of sp³-hybridized carbons (Fsp3) is 0.500. The van der Waals surface area contributed by atoms with Gasteiger partial charge in [0.2, 0.25) is 0 Å². The van der Waals surface area contributed by atoms with E-state index < -0.39 is 47.9 Å². The first-order chi connectivity index (χ1) is 22.2. The van der Waals surface area contributed by atoms with Crippen LogP contribution in [0.2, 0.25) is 0 Å². The van der Waals surface area contributed by atoms with Gasteiger partial charge in [0.15, 0.2) is 0 Å². The van der Waals surface area contributed by atoms with Gasteiger partial charge >= 0.3 is 12.4 Å². The first-order valence-electron chi connectivity index (χ1n) is 15.9. The molecule has 1 fully saturated rings. The standard InChI is InChI=1S/C36H41F6NO4/c1-34(2)33(46-22-25-17-26(35(37,38)39)19-27(18-25)36(40,41)42)32(45-16-15-23-7-5-4-6-8-23)30-20-28(11-14-31(30)47-34)43-21-24-9-12-29(44-3)13-10-24/h9-14,17-20,23,32-33,43H,4-8,15-16,21-22H2,1-3H3. The summed E-state index contributed by atoms with van der Waals surface area (Å²) in [6.07, 6.45) is -4.73. The summed E-state index contributed by atoms with van der Waals surface area (Å²) >= 11 is 0. The van der Waals surface area contributed by atoms with Crippen LogP contribution in [-0.4, -0.2) is 25.4 Å². The average molecular weight is 666 g/mol. The minimum atomic E-state index is -4.96. The molecule has 0 radical (unpaired) electrons. The molecule has 2 aliphatic rings. The molecule has 0 bridgehead atoms. The van der Waals surface area contributed by atoms with Gasteiger partial charge in [0.05, 0.1) is 24.8 Å². The number of ether oxygens (including phenoxy) is 4. The lowest BCUT2D eigenvalue weighted by Crippen LogP contribution is -2.51. The topological polar surface area (TPSA) is 49.0 Å².